The van der Waals surface area contributed by atoms with Crippen LogP contribution >= 0.6 is 0 Å². The lowest BCUT2D eigenvalue weighted by molar-refractivity contribution is -0.138. The topological polar surface area (TPSA) is 130 Å². The van der Waals surface area contributed by atoms with Gasteiger partial charge in [-0.05, 0) is 18.6 Å². The molecule has 1 aromatic carbocycles. The van der Waals surface area contributed by atoms with Crippen LogP contribution in [0.15, 0.2) is 35.2 Å². The zero-order chi connectivity index (χ0) is 19.3. The molecular weight excluding hydrogens is 358 g/mol. The number of hydrogen-bond donors (Lipinski definition) is 3. The van der Waals surface area contributed by atoms with Crippen LogP contribution in [0.1, 0.15) is 19.8 Å². The average molecular weight is 381 g/mol. The molecule has 3 amide bonds. The van der Waals surface area contributed by atoms with Gasteiger partial charge in [-0.15, -0.1) is 0 Å². The maximum absolute atomic E-state index is 12.4. The van der Waals surface area contributed by atoms with Crippen molar-refractivity contribution in [2.24, 2.45) is 5.73 Å². The van der Waals surface area contributed by atoms with Crippen molar-refractivity contribution in [3.63, 3.8) is 0 Å². The van der Waals surface area contributed by atoms with Crippen molar-refractivity contribution in [1.29, 1.82) is 0 Å². The molecule has 8 nitrogen and oxygen atoms in total. The fourth-order valence-electron chi connectivity index (χ4n) is 2.88. The lowest BCUT2D eigenvalue weighted by Gasteiger charge is -2.24. The molecule has 1 aliphatic rings. The summed E-state index contributed by atoms with van der Waals surface area (Å²) < 4.78 is 12.3. The SMILES string of the molecule is CC(=O)N1C[C@H](O)C[C@H]1C(=O)N[C@@H](CC[S@@](=O)c1ccccc1)C(N)=O. The molecule has 0 aliphatic carbocycles. The summed E-state index contributed by atoms with van der Waals surface area (Å²) in [6, 6.07) is 6.94. The Bertz CT molecular complexity index is 697. The first-order valence-electron chi connectivity index (χ1n) is 8.28. The maximum Gasteiger partial charge on any atom is 0.243 e. The van der Waals surface area contributed by atoms with Gasteiger partial charge in [0, 0.05) is 30.5 Å². The van der Waals surface area contributed by atoms with E-state index in [1.165, 1.54) is 11.8 Å². The number of carbonyl (C=O) groups is 3. The first kappa shape index (κ1) is 20.1. The van der Waals surface area contributed by atoms with Gasteiger partial charge in [-0.2, -0.15) is 0 Å². The van der Waals surface area contributed by atoms with Crippen LogP contribution in [-0.4, -0.2) is 62.4 Å². The summed E-state index contributed by atoms with van der Waals surface area (Å²) in [6.07, 6.45) is -0.572. The number of nitrogens with zero attached hydrogens (tertiary/aromatic N) is 1. The first-order valence-corrected chi connectivity index (χ1v) is 9.60. The highest BCUT2D eigenvalue weighted by Gasteiger charge is 2.38. The Balaban J connectivity index is 1.97. The highest BCUT2D eigenvalue weighted by Crippen LogP contribution is 2.18. The minimum atomic E-state index is -1.32. The molecule has 142 valence electrons. The summed E-state index contributed by atoms with van der Waals surface area (Å²) in [5, 5.41) is 12.2. The second-order valence-electron chi connectivity index (χ2n) is 6.19. The van der Waals surface area contributed by atoms with Gasteiger partial charge in [-0.1, -0.05) is 18.2 Å². The Morgan fingerprint density at radius 2 is 2.00 bits per heavy atom. The number of benzene rings is 1. The number of primary amides is 1. The van der Waals surface area contributed by atoms with E-state index in [1.54, 1.807) is 24.3 Å². The van der Waals surface area contributed by atoms with E-state index >= 15 is 0 Å². The monoisotopic (exact) mass is 381 g/mol. The van der Waals surface area contributed by atoms with Gasteiger partial charge in [-0.3, -0.25) is 18.6 Å². The van der Waals surface area contributed by atoms with Crippen molar-refractivity contribution in [1.82, 2.24) is 10.2 Å². The van der Waals surface area contributed by atoms with Crippen LogP contribution in [-0.2, 0) is 25.2 Å². The lowest BCUT2D eigenvalue weighted by Crippen LogP contribution is -2.52. The predicted octanol–water partition coefficient (Wildman–Crippen LogP) is -0.864. The van der Waals surface area contributed by atoms with E-state index in [-0.39, 0.29) is 31.0 Å². The second kappa shape index (κ2) is 8.91. The molecule has 4 atom stereocenters. The summed E-state index contributed by atoms with van der Waals surface area (Å²) in [4.78, 5) is 37.6. The molecule has 2 rings (SSSR count). The van der Waals surface area contributed by atoms with Gasteiger partial charge in [0.05, 0.1) is 16.9 Å². The summed E-state index contributed by atoms with van der Waals surface area (Å²) in [7, 11) is -1.32. The van der Waals surface area contributed by atoms with Gasteiger partial charge < -0.3 is 21.1 Å². The molecule has 1 aromatic rings. The standard InChI is InChI=1S/C17H23N3O5S/c1-11(21)20-10-12(22)9-15(20)17(24)19-14(16(18)23)7-8-26(25)13-5-3-2-4-6-13/h2-6,12,14-15,22H,7-10H2,1H3,(H2,18,23)(H,19,24)/t12-,14+,15+,26-/m1/s1. The van der Waals surface area contributed by atoms with Gasteiger partial charge in [0.25, 0.3) is 0 Å². The molecule has 0 spiro atoms. The number of nitrogens with two attached hydrogens (primary N) is 1. The number of amides is 3. The van der Waals surface area contributed by atoms with Gasteiger partial charge >= 0.3 is 0 Å². The van der Waals surface area contributed by atoms with E-state index in [0.717, 1.165) is 0 Å². The molecular formula is C17H23N3O5S. The minimum absolute atomic E-state index is 0.0761. The molecule has 0 aromatic heterocycles. The molecule has 9 heteroatoms. The molecule has 1 heterocycles. The van der Waals surface area contributed by atoms with Crippen LogP contribution in [0.25, 0.3) is 0 Å². The molecule has 0 radical (unpaired) electrons. The fraction of sp³-hybridized carbons (Fsp3) is 0.471. The number of hydrogen-bond acceptors (Lipinski definition) is 5. The zero-order valence-corrected chi connectivity index (χ0v) is 15.3. The summed E-state index contributed by atoms with van der Waals surface area (Å²) in [5.41, 5.74) is 5.35. The maximum atomic E-state index is 12.4. The third-order valence-electron chi connectivity index (χ3n) is 4.24. The smallest absolute Gasteiger partial charge is 0.243 e. The minimum Gasteiger partial charge on any atom is -0.391 e. The van der Waals surface area contributed by atoms with Gasteiger partial charge in [0.15, 0.2) is 0 Å². The summed E-state index contributed by atoms with van der Waals surface area (Å²) >= 11 is 0. The van der Waals surface area contributed by atoms with E-state index in [4.69, 9.17) is 5.73 Å². The summed E-state index contributed by atoms with van der Waals surface area (Å²) in [5.74, 6) is -1.47. The van der Waals surface area contributed by atoms with Crippen molar-refractivity contribution >= 4 is 28.5 Å². The molecule has 1 fully saturated rings. The Morgan fingerprint density at radius 1 is 1.35 bits per heavy atom. The highest BCUT2D eigenvalue weighted by atomic mass is 32.2. The fourth-order valence-corrected chi connectivity index (χ4v) is 4.03. The summed E-state index contributed by atoms with van der Waals surface area (Å²) in [6.45, 7) is 1.39. The molecule has 26 heavy (non-hydrogen) atoms. The van der Waals surface area contributed by atoms with Crippen LogP contribution in [0.4, 0.5) is 0 Å². The number of likely N-dealkylation sites (tertiary alicyclic amines) is 1. The Hall–Kier alpha value is -2.26. The highest BCUT2D eigenvalue weighted by molar-refractivity contribution is 7.85. The molecule has 4 N–H and O–H groups in total. The quantitative estimate of drug-likeness (QED) is 0.566. The van der Waals surface area contributed by atoms with Crippen LogP contribution in [0, 0.1) is 0 Å². The van der Waals surface area contributed by atoms with Crippen molar-refractivity contribution in [3.8, 4) is 0 Å². The van der Waals surface area contributed by atoms with Crippen molar-refractivity contribution in [2.45, 2.75) is 42.8 Å². The normalized spacial score (nSPS) is 21.8. The predicted molar refractivity (Wildman–Crippen MR) is 95.3 cm³/mol. The third-order valence-corrected chi connectivity index (χ3v) is 5.65. The average Bonchev–Trinajstić information content (AvgIpc) is 3.01. The van der Waals surface area contributed by atoms with E-state index in [2.05, 4.69) is 5.32 Å². The van der Waals surface area contributed by atoms with E-state index in [9.17, 15) is 23.7 Å². The van der Waals surface area contributed by atoms with Gasteiger partial charge in [0.1, 0.15) is 12.1 Å². The van der Waals surface area contributed by atoms with E-state index in [0.29, 0.717) is 4.90 Å². The van der Waals surface area contributed by atoms with Crippen LogP contribution in [0.3, 0.4) is 0 Å². The van der Waals surface area contributed by atoms with Gasteiger partial charge in [-0.25, -0.2) is 0 Å². The van der Waals surface area contributed by atoms with Crippen molar-refractivity contribution in [2.75, 3.05) is 12.3 Å². The molecule has 1 aliphatic heterocycles. The Labute approximate surface area is 154 Å². The number of aliphatic hydroxyl groups is 1. The number of aliphatic hydroxyl groups excluding tert-OH is 1. The number of rotatable bonds is 7. The number of nitrogens with one attached hydrogen (secondary N) is 1. The molecule has 1 saturated heterocycles. The Kier molecular flexibility index (Phi) is 6.87. The number of β-amino-alcohol motifs (C(OH)–C–C–N with tert-alkyl or cyclic N) is 1. The largest absolute Gasteiger partial charge is 0.391 e. The van der Waals surface area contributed by atoms with E-state index < -0.39 is 40.8 Å². The molecule has 0 bridgehead atoms. The third kappa shape index (κ3) is 5.12. The van der Waals surface area contributed by atoms with Crippen LogP contribution in [0.5, 0.6) is 0 Å². The van der Waals surface area contributed by atoms with Gasteiger partial charge in [0.2, 0.25) is 17.7 Å². The molecule has 0 saturated carbocycles. The second-order valence-corrected chi connectivity index (χ2v) is 7.76. The Morgan fingerprint density at radius 3 is 2.58 bits per heavy atom. The van der Waals surface area contributed by atoms with E-state index in [1.807, 2.05) is 6.07 Å². The zero-order valence-electron chi connectivity index (χ0n) is 14.5. The molecule has 0 unspecified atom stereocenters. The first-order chi connectivity index (χ1) is 12.3. The lowest BCUT2D eigenvalue weighted by atomic mass is 10.1. The number of carbonyl (C=O) groups excluding carboxylic acids is 3. The van der Waals surface area contributed by atoms with Crippen molar-refractivity contribution < 1.29 is 23.7 Å². The van der Waals surface area contributed by atoms with Crippen LogP contribution < -0.4 is 11.1 Å². The van der Waals surface area contributed by atoms with Crippen molar-refractivity contribution in [3.05, 3.63) is 30.3 Å². The van der Waals surface area contributed by atoms with Crippen LogP contribution in [0.2, 0.25) is 0 Å².